The molecule has 1 heterocycles. The van der Waals surface area contributed by atoms with Crippen molar-refractivity contribution in [2.24, 2.45) is 4.99 Å². The predicted octanol–water partition coefficient (Wildman–Crippen LogP) is 6.16. The van der Waals surface area contributed by atoms with Crippen LogP contribution in [0.5, 0.6) is 5.75 Å². The van der Waals surface area contributed by atoms with Crippen LogP contribution in [0.2, 0.25) is 5.02 Å². The molecule has 4 rings (SSSR count). The Bertz CT molecular complexity index is 1100. The highest BCUT2D eigenvalue weighted by atomic mass is 35.5. The Morgan fingerprint density at radius 3 is 2.34 bits per heavy atom. The number of rotatable bonds is 4. The first-order chi connectivity index (χ1) is 14.2. The number of amidine groups is 1. The standard InChI is InChI=1S/C23H17ClN2O2S/c1-28-20-13-12-16(14-19(20)24)15-21-22(27)26(18-10-6-3-7-11-18)23(29-21)25-17-8-4-2-5-9-17/h2-15H,1H3/b21-15+,25-23?. The lowest BCUT2D eigenvalue weighted by Gasteiger charge is -2.15. The summed E-state index contributed by atoms with van der Waals surface area (Å²) in [5.41, 5.74) is 2.38. The molecular formula is C23H17ClN2O2S. The number of para-hydroxylation sites is 2. The van der Waals surface area contributed by atoms with E-state index in [1.165, 1.54) is 11.8 Å². The summed E-state index contributed by atoms with van der Waals surface area (Å²) in [5.74, 6) is 0.472. The Morgan fingerprint density at radius 1 is 1.00 bits per heavy atom. The summed E-state index contributed by atoms with van der Waals surface area (Å²) in [5, 5.41) is 1.11. The summed E-state index contributed by atoms with van der Waals surface area (Å²) >= 11 is 7.57. The van der Waals surface area contributed by atoms with Crippen LogP contribution in [0.15, 0.2) is 88.8 Å². The third-order valence-corrected chi connectivity index (χ3v) is 5.54. The number of carbonyl (C=O) groups is 1. The molecule has 0 aliphatic carbocycles. The summed E-state index contributed by atoms with van der Waals surface area (Å²) in [6, 6.07) is 24.5. The van der Waals surface area contributed by atoms with Crippen molar-refractivity contribution in [2.75, 3.05) is 12.0 Å². The zero-order valence-electron chi connectivity index (χ0n) is 15.6. The van der Waals surface area contributed by atoms with Gasteiger partial charge in [0.2, 0.25) is 0 Å². The number of carbonyl (C=O) groups excluding carboxylic acids is 1. The highest BCUT2D eigenvalue weighted by molar-refractivity contribution is 8.19. The summed E-state index contributed by atoms with van der Waals surface area (Å²) in [6.45, 7) is 0. The van der Waals surface area contributed by atoms with E-state index in [9.17, 15) is 4.79 Å². The molecule has 1 saturated heterocycles. The molecule has 1 aliphatic rings. The maximum atomic E-state index is 13.2. The van der Waals surface area contributed by atoms with Gasteiger partial charge >= 0.3 is 0 Å². The molecule has 0 aromatic heterocycles. The van der Waals surface area contributed by atoms with E-state index in [0.29, 0.717) is 20.8 Å². The Kier molecular flexibility index (Phi) is 5.69. The van der Waals surface area contributed by atoms with Crippen molar-refractivity contribution >= 4 is 51.9 Å². The van der Waals surface area contributed by atoms with Crippen molar-refractivity contribution in [1.29, 1.82) is 0 Å². The smallest absolute Gasteiger partial charge is 0.271 e. The number of benzene rings is 3. The minimum atomic E-state index is -0.122. The van der Waals surface area contributed by atoms with Crippen LogP contribution in [-0.4, -0.2) is 18.2 Å². The van der Waals surface area contributed by atoms with Crippen molar-refractivity contribution in [2.45, 2.75) is 0 Å². The molecule has 0 bridgehead atoms. The maximum absolute atomic E-state index is 13.2. The lowest BCUT2D eigenvalue weighted by molar-refractivity contribution is -0.113. The Hall–Kier alpha value is -3.02. The Labute approximate surface area is 178 Å². The molecule has 0 spiro atoms. The molecule has 6 heteroatoms. The van der Waals surface area contributed by atoms with E-state index < -0.39 is 0 Å². The summed E-state index contributed by atoms with van der Waals surface area (Å²) < 4.78 is 5.20. The first kappa shape index (κ1) is 19.3. The monoisotopic (exact) mass is 420 g/mol. The highest BCUT2D eigenvalue weighted by Crippen LogP contribution is 2.37. The molecule has 1 aliphatic heterocycles. The van der Waals surface area contributed by atoms with Crippen LogP contribution in [0.4, 0.5) is 11.4 Å². The fourth-order valence-electron chi connectivity index (χ4n) is 2.89. The van der Waals surface area contributed by atoms with Gasteiger partial charge in [0.15, 0.2) is 5.17 Å². The van der Waals surface area contributed by atoms with Crippen LogP contribution in [0, 0.1) is 0 Å². The minimum absolute atomic E-state index is 0.122. The van der Waals surface area contributed by atoms with Gasteiger partial charge in [-0.15, -0.1) is 0 Å². The number of hydrogen-bond donors (Lipinski definition) is 0. The average molecular weight is 421 g/mol. The van der Waals surface area contributed by atoms with E-state index in [-0.39, 0.29) is 5.91 Å². The summed E-state index contributed by atoms with van der Waals surface area (Å²) in [7, 11) is 1.57. The van der Waals surface area contributed by atoms with Crippen molar-refractivity contribution in [1.82, 2.24) is 0 Å². The van der Waals surface area contributed by atoms with Crippen LogP contribution < -0.4 is 9.64 Å². The number of nitrogens with zero attached hydrogens (tertiary/aromatic N) is 2. The highest BCUT2D eigenvalue weighted by Gasteiger charge is 2.34. The van der Waals surface area contributed by atoms with E-state index in [2.05, 4.69) is 0 Å². The largest absolute Gasteiger partial charge is 0.495 e. The molecule has 1 fully saturated rings. The molecule has 0 radical (unpaired) electrons. The molecule has 29 heavy (non-hydrogen) atoms. The number of thioether (sulfide) groups is 1. The first-order valence-corrected chi connectivity index (χ1v) is 10.1. The fraction of sp³-hybridized carbons (Fsp3) is 0.0435. The van der Waals surface area contributed by atoms with Gasteiger partial charge in [0.1, 0.15) is 5.75 Å². The topological polar surface area (TPSA) is 41.9 Å². The second-order valence-corrected chi connectivity index (χ2v) is 7.63. The molecule has 3 aromatic carbocycles. The van der Waals surface area contributed by atoms with Crippen LogP contribution in [0.3, 0.4) is 0 Å². The van der Waals surface area contributed by atoms with Gasteiger partial charge in [0.25, 0.3) is 5.91 Å². The van der Waals surface area contributed by atoms with E-state index in [1.807, 2.05) is 72.8 Å². The molecular weight excluding hydrogens is 404 g/mol. The first-order valence-electron chi connectivity index (χ1n) is 8.92. The number of methoxy groups -OCH3 is 1. The Morgan fingerprint density at radius 2 is 1.69 bits per heavy atom. The lowest BCUT2D eigenvalue weighted by Crippen LogP contribution is -2.28. The van der Waals surface area contributed by atoms with E-state index in [0.717, 1.165) is 16.9 Å². The molecule has 0 N–H and O–H groups in total. The number of halogens is 1. The van der Waals surface area contributed by atoms with Crippen molar-refractivity contribution in [3.63, 3.8) is 0 Å². The van der Waals surface area contributed by atoms with E-state index in [1.54, 1.807) is 24.1 Å². The third-order valence-electron chi connectivity index (χ3n) is 4.28. The van der Waals surface area contributed by atoms with Gasteiger partial charge in [0.05, 0.1) is 28.4 Å². The molecule has 1 amide bonds. The average Bonchev–Trinajstić information content (AvgIpc) is 3.04. The third kappa shape index (κ3) is 4.21. The van der Waals surface area contributed by atoms with Gasteiger partial charge in [-0.05, 0) is 59.8 Å². The molecule has 0 saturated carbocycles. The van der Waals surface area contributed by atoms with Crippen LogP contribution in [0.25, 0.3) is 6.08 Å². The van der Waals surface area contributed by atoms with Gasteiger partial charge < -0.3 is 4.74 Å². The van der Waals surface area contributed by atoms with Crippen molar-refractivity contribution < 1.29 is 9.53 Å². The van der Waals surface area contributed by atoms with Gasteiger partial charge in [-0.3, -0.25) is 9.69 Å². The number of aliphatic imine (C=N–C) groups is 1. The van der Waals surface area contributed by atoms with Crippen LogP contribution in [0.1, 0.15) is 5.56 Å². The van der Waals surface area contributed by atoms with E-state index in [4.69, 9.17) is 21.3 Å². The van der Waals surface area contributed by atoms with Crippen LogP contribution in [-0.2, 0) is 4.79 Å². The van der Waals surface area contributed by atoms with Crippen LogP contribution >= 0.6 is 23.4 Å². The lowest BCUT2D eigenvalue weighted by atomic mass is 10.2. The SMILES string of the molecule is COc1ccc(/C=C2/SC(=Nc3ccccc3)N(c3ccccc3)C2=O)cc1Cl. The van der Waals surface area contributed by atoms with Gasteiger partial charge in [-0.1, -0.05) is 54.1 Å². The van der Waals surface area contributed by atoms with Crippen molar-refractivity contribution in [3.8, 4) is 5.75 Å². The maximum Gasteiger partial charge on any atom is 0.271 e. The zero-order valence-corrected chi connectivity index (χ0v) is 17.2. The molecule has 0 atom stereocenters. The van der Waals surface area contributed by atoms with E-state index >= 15 is 0 Å². The molecule has 4 nitrogen and oxygen atoms in total. The zero-order chi connectivity index (χ0) is 20.2. The number of hydrogen-bond acceptors (Lipinski definition) is 4. The molecule has 144 valence electrons. The molecule has 3 aromatic rings. The molecule has 0 unspecified atom stereocenters. The number of amides is 1. The normalized spacial score (nSPS) is 16.6. The number of anilines is 1. The second kappa shape index (κ2) is 8.55. The summed E-state index contributed by atoms with van der Waals surface area (Å²) in [6.07, 6.45) is 1.82. The quantitative estimate of drug-likeness (QED) is 0.475. The Balaban J connectivity index is 1.75. The van der Waals surface area contributed by atoms with Gasteiger partial charge in [0, 0.05) is 0 Å². The summed E-state index contributed by atoms with van der Waals surface area (Å²) in [4.78, 5) is 20.1. The van der Waals surface area contributed by atoms with Crippen molar-refractivity contribution in [3.05, 3.63) is 94.4 Å². The second-order valence-electron chi connectivity index (χ2n) is 6.21. The van der Waals surface area contributed by atoms with Gasteiger partial charge in [-0.2, -0.15) is 0 Å². The fourth-order valence-corrected chi connectivity index (χ4v) is 4.16. The van der Waals surface area contributed by atoms with Gasteiger partial charge in [-0.25, -0.2) is 4.99 Å². The minimum Gasteiger partial charge on any atom is -0.495 e. The predicted molar refractivity (Wildman–Crippen MR) is 121 cm³/mol. The number of ether oxygens (including phenoxy) is 1.